The molecule has 2 rings (SSSR count). The number of hydrogen-bond donors (Lipinski definition) is 0. The molecule has 1 aliphatic heterocycles. The minimum absolute atomic E-state index is 0.150. The van der Waals surface area contributed by atoms with Crippen LogP contribution in [-0.4, -0.2) is 29.1 Å². The second kappa shape index (κ2) is 3.98. The van der Waals surface area contributed by atoms with Crippen LogP contribution in [0.5, 0.6) is 0 Å². The molecule has 0 saturated carbocycles. The van der Waals surface area contributed by atoms with Crippen molar-refractivity contribution in [3.8, 4) is 0 Å². The fourth-order valence-corrected chi connectivity index (χ4v) is 1.56. The van der Waals surface area contributed by atoms with Gasteiger partial charge in [-0.25, -0.2) is 0 Å². The first-order chi connectivity index (χ1) is 7.08. The Bertz CT molecular complexity index is 330. The molecule has 0 radical (unpaired) electrons. The van der Waals surface area contributed by atoms with E-state index in [4.69, 9.17) is 9.31 Å². The molecular formula is C10H17BN2O2. The zero-order chi connectivity index (χ0) is 11.0. The minimum atomic E-state index is -0.248. The van der Waals surface area contributed by atoms with E-state index in [9.17, 15) is 0 Å². The highest BCUT2D eigenvalue weighted by atomic mass is 16.7. The fourth-order valence-electron chi connectivity index (χ4n) is 1.56. The Morgan fingerprint density at radius 1 is 1.33 bits per heavy atom. The van der Waals surface area contributed by atoms with Crippen LogP contribution in [0.2, 0.25) is 0 Å². The summed E-state index contributed by atoms with van der Waals surface area (Å²) in [7, 11) is -0.248. The second-order valence-electron chi connectivity index (χ2n) is 4.36. The van der Waals surface area contributed by atoms with Gasteiger partial charge in [0.1, 0.15) is 0 Å². The lowest BCUT2D eigenvalue weighted by Gasteiger charge is -2.04. The Morgan fingerprint density at radius 3 is 2.40 bits per heavy atom. The van der Waals surface area contributed by atoms with Crippen molar-refractivity contribution in [1.29, 1.82) is 0 Å². The van der Waals surface area contributed by atoms with Crippen molar-refractivity contribution in [2.24, 2.45) is 0 Å². The van der Waals surface area contributed by atoms with E-state index in [0.29, 0.717) is 6.04 Å². The molecule has 1 aromatic heterocycles. The molecule has 2 unspecified atom stereocenters. The van der Waals surface area contributed by atoms with Crippen LogP contribution >= 0.6 is 0 Å². The highest BCUT2D eigenvalue weighted by molar-refractivity contribution is 6.61. The van der Waals surface area contributed by atoms with Crippen molar-refractivity contribution < 1.29 is 9.31 Å². The normalized spacial score (nSPS) is 26.6. The first-order valence-corrected chi connectivity index (χ1v) is 5.43. The monoisotopic (exact) mass is 208 g/mol. The minimum Gasteiger partial charge on any atom is -0.402 e. The summed E-state index contributed by atoms with van der Waals surface area (Å²) in [4.78, 5) is 0. The highest BCUT2D eigenvalue weighted by Crippen LogP contribution is 2.15. The molecule has 0 amide bonds. The van der Waals surface area contributed by atoms with Crippen molar-refractivity contribution in [3.05, 3.63) is 12.4 Å². The Hall–Kier alpha value is -0.805. The molecule has 0 aliphatic carbocycles. The molecule has 4 nitrogen and oxygen atoms in total. The summed E-state index contributed by atoms with van der Waals surface area (Å²) in [5.41, 5.74) is 1.000. The Labute approximate surface area is 90.7 Å². The van der Waals surface area contributed by atoms with E-state index >= 15 is 0 Å². The maximum Gasteiger partial charge on any atom is 0.497 e. The van der Waals surface area contributed by atoms with Crippen molar-refractivity contribution in [3.63, 3.8) is 0 Å². The third kappa shape index (κ3) is 2.08. The third-order valence-electron chi connectivity index (χ3n) is 2.76. The predicted molar refractivity (Wildman–Crippen MR) is 59.1 cm³/mol. The second-order valence-corrected chi connectivity index (χ2v) is 4.36. The zero-order valence-corrected chi connectivity index (χ0v) is 9.68. The van der Waals surface area contributed by atoms with Gasteiger partial charge in [0.15, 0.2) is 0 Å². The van der Waals surface area contributed by atoms with Gasteiger partial charge in [0.05, 0.1) is 12.2 Å². The largest absolute Gasteiger partial charge is 0.497 e. The van der Waals surface area contributed by atoms with Gasteiger partial charge in [0.2, 0.25) is 0 Å². The van der Waals surface area contributed by atoms with Crippen molar-refractivity contribution in [2.45, 2.75) is 45.9 Å². The molecule has 1 aliphatic rings. The van der Waals surface area contributed by atoms with Crippen LogP contribution in [0.1, 0.15) is 33.7 Å². The fraction of sp³-hybridized carbons (Fsp3) is 0.700. The molecule has 5 heteroatoms. The third-order valence-corrected chi connectivity index (χ3v) is 2.76. The van der Waals surface area contributed by atoms with E-state index in [1.807, 2.05) is 30.9 Å². The molecule has 0 aromatic carbocycles. The lowest BCUT2D eigenvalue weighted by Crippen LogP contribution is -2.31. The first-order valence-electron chi connectivity index (χ1n) is 5.43. The molecule has 82 valence electrons. The molecule has 2 atom stereocenters. The first kappa shape index (κ1) is 10.7. The lowest BCUT2D eigenvalue weighted by atomic mass is 9.82. The van der Waals surface area contributed by atoms with Gasteiger partial charge in [-0.05, 0) is 27.7 Å². The summed E-state index contributed by atoms with van der Waals surface area (Å²) in [5, 5.41) is 4.27. The molecule has 0 N–H and O–H groups in total. The van der Waals surface area contributed by atoms with E-state index in [1.165, 1.54) is 0 Å². The van der Waals surface area contributed by atoms with Crippen LogP contribution in [0, 0.1) is 0 Å². The van der Waals surface area contributed by atoms with Crippen LogP contribution in [0.4, 0.5) is 0 Å². The van der Waals surface area contributed by atoms with Gasteiger partial charge >= 0.3 is 7.12 Å². The molecule has 1 fully saturated rings. The van der Waals surface area contributed by atoms with Gasteiger partial charge in [-0.2, -0.15) is 5.10 Å². The number of hydrogen-bond acceptors (Lipinski definition) is 3. The van der Waals surface area contributed by atoms with Gasteiger partial charge in [-0.15, -0.1) is 0 Å². The maximum absolute atomic E-state index is 5.68. The van der Waals surface area contributed by atoms with Gasteiger partial charge in [0.25, 0.3) is 0 Å². The summed E-state index contributed by atoms with van der Waals surface area (Å²) in [6.45, 7) is 8.24. The van der Waals surface area contributed by atoms with Crippen LogP contribution in [0.15, 0.2) is 12.4 Å². The number of rotatable bonds is 2. The van der Waals surface area contributed by atoms with E-state index in [2.05, 4.69) is 18.9 Å². The van der Waals surface area contributed by atoms with E-state index in [-0.39, 0.29) is 19.3 Å². The molecule has 1 saturated heterocycles. The molecule has 0 spiro atoms. The maximum atomic E-state index is 5.68. The average molecular weight is 208 g/mol. The summed E-state index contributed by atoms with van der Waals surface area (Å²) in [5.74, 6) is 0. The molecule has 0 bridgehead atoms. The van der Waals surface area contributed by atoms with E-state index in [1.54, 1.807) is 0 Å². The van der Waals surface area contributed by atoms with Crippen LogP contribution in [0.25, 0.3) is 0 Å². The van der Waals surface area contributed by atoms with E-state index in [0.717, 1.165) is 5.46 Å². The SMILES string of the molecule is CC1OB(c2cnn(C(C)C)c2)OC1C. The van der Waals surface area contributed by atoms with Gasteiger partial charge in [-0.3, -0.25) is 4.68 Å². The van der Waals surface area contributed by atoms with Crippen molar-refractivity contribution >= 4 is 12.6 Å². The molecule has 2 heterocycles. The standard InChI is InChI=1S/C10H17BN2O2/c1-7(2)13-6-10(5-12-13)11-14-8(3)9(4)15-11/h5-9H,1-4H3. The van der Waals surface area contributed by atoms with E-state index < -0.39 is 0 Å². The van der Waals surface area contributed by atoms with Crippen LogP contribution in [-0.2, 0) is 9.31 Å². The van der Waals surface area contributed by atoms with Gasteiger partial charge in [0, 0.05) is 23.9 Å². The lowest BCUT2D eigenvalue weighted by molar-refractivity contribution is 0.187. The van der Waals surface area contributed by atoms with Crippen molar-refractivity contribution in [2.75, 3.05) is 0 Å². The van der Waals surface area contributed by atoms with Gasteiger partial charge < -0.3 is 9.31 Å². The summed E-state index contributed by atoms with van der Waals surface area (Å²) >= 11 is 0. The van der Waals surface area contributed by atoms with Crippen LogP contribution < -0.4 is 5.46 Å². The molecule has 1 aromatic rings. The Balaban J connectivity index is 2.10. The molecular weight excluding hydrogens is 191 g/mol. The van der Waals surface area contributed by atoms with Crippen LogP contribution in [0.3, 0.4) is 0 Å². The average Bonchev–Trinajstić information content (AvgIpc) is 2.74. The number of nitrogens with zero attached hydrogens (tertiary/aromatic N) is 2. The number of aromatic nitrogens is 2. The van der Waals surface area contributed by atoms with Gasteiger partial charge in [-0.1, -0.05) is 0 Å². The quantitative estimate of drug-likeness (QED) is 0.679. The predicted octanol–water partition coefficient (Wildman–Crippen LogP) is 0.983. The highest BCUT2D eigenvalue weighted by Gasteiger charge is 2.36. The smallest absolute Gasteiger partial charge is 0.402 e. The molecule has 15 heavy (non-hydrogen) atoms. The van der Waals surface area contributed by atoms with Crippen molar-refractivity contribution in [1.82, 2.24) is 9.78 Å². The summed E-state index contributed by atoms with van der Waals surface area (Å²) in [6, 6.07) is 0.370. The Morgan fingerprint density at radius 2 is 1.93 bits per heavy atom. The Kier molecular flexibility index (Phi) is 2.84. The summed E-state index contributed by atoms with van der Waals surface area (Å²) < 4.78 is 13.3. The zero-order valence-electron chi connectivity index (χ0n) is 9.68. The topological polar surface area (TPSA) is 36.3 Å². The summed E-state index contributed by atoms with van der Waals surface area (Å²) in [6.07, 6.45) is 4.10.